The second kappa shape index (κ2) is 16.4. The van der Waals surface area contributed by atoms with Gasteiger partial charge in [0.1, 0.15) is 5.75 Å². The number of unbranched alkanes of at least 4 members (excludes halogenated alkanes) is 11. The van der Waals surface area contributed by atoms with Crippen LogP contribution in [0.3, 0.4) is 0 Å². The molecule has 0 saturated carbocycles. The van der Waals surface area contributed by atoms with E-state index in [2.05, 4.69) is 12.2 Å². The summed E-state index contributed by atoms with van der Waals surface area (Å²) in [6.45, 7) is 3.58. The molecule has 2 rings (SSSR count). The summed E-state index contributed by atoms with van der Waals surface area (Å²) < 4.78 is 5.86. The normalized spacial score (nSPS) is 10.7. The van der Waals surface area contributed by atoms with Crippen molar-refractivity contribution in [3.8, 4) is 5.75 Å². The number of ether oxygens (including phenoxy) is 1. The monoisotopic (exact) mass is 423 g/mol. The van der Waals surface area contributed by atoms with Crippen LogP contribution in [0, 0.1) is 0 Å². The maximum atomic E-state index is 12.1. The molecule has 0 atom stereocenters. The standard InChI is InChI=1S/C28H41NO2/c1-2-3-4-5-6-7-8-9-10-11-12-16-23-31-27-21-19-25(20-22-27)24-29-28(30)26-17-14-13-15-18-26/h13-15,17-22H,2-12,16,23-24H2,1H3,(H,29,30). The molecule has 0 spiro atoms. The van der Waals surface area contributed by atoms with Crippen molar-refractivity contribution < 1.29 is 9.53 Å². The van der Waals surface area contributed by atoms with Crippen molar-refractivity contribution in [2.45, 2.75) is 90.5 Å². The molecule has 3 nitrogen and oxygen atoms in total. The van der Waals surface area contributed by atoms with Gasteiger partial charge in [-0.3, -0.25) is 4.79 Å². The first-order valence-electron chi connectivity index (χ1n) is 12.3. The molecule has 1 N–H and O–H groups in total. The molecule has 31 heavy (non-hydrogen) atoms. The van der Waals surface area contributed by atoms with Crippen LogP contribution in [0.5, 0.6) is 5.75 Å². The van der Waals surface area contributed by atoms with Crippen LogP contribution >= 0.6 is 0 Å². The zero-order valence-electron chi connectivity index (χ0n) is 19.4. The Kier molecular flexibility index (Phi) is 13.2. The molecule has 2 aromatic carbocycles. The Bertz CT molecular complexity index is 697. The smallest absolute Gasteiger partial charge is 0.251 e. The Morgan fingerprint density at radius 2 is 1.26 bits per heavy atom. The summed E-state index contributed by atoms with van der Waals surface area (Å²) in [5.74, 6) is 0.856. The molecule has 170 valence electrons. The van der Waals surface area contributed by atoms with Gasteiger partial charge in [-0.1, -0.05) is 108 Å². The van der Waals surface area contributed by atoms with Crippen LogP contribution < -0.4 is 10.1 Å². The largest absolute Gasteiger partial charge is 0.494 e. The van der Waals surface area contributed by atoms with Gasteiger partial charge in [0.15, 0.2) is 0 Å². The van der Waals surface area contributed by atoms with Gasteiger partial charge < -0.3 is 10.1 Å². The van der Waals surface area contributed by atoms with Crippen LogP contribution in [0.15, 0.2) is 54.6 Å². The SMILES string of the molecule is CCCCCCCCCCCCCCOc1ccc(CNC(=O)c2ccccc2)cc1. The fraction of sp³-hybridized carbons (Fsp3) is 0.536. The highest BCUT2D eigenvalue weighted by atomic mass is 16.5. The maximum Gasteiger partial charge on any atom is 0.251 e. The van der Waals surface area contributed by atoms with Gasteiger partial charge in [-0.2, -0.15) is 0 Å². The summed E-state index contributed by atoms with van der Waals surface area (Å²) >= 11 is 0. The van der Waals surface area contributed by atoms with Crippen LogP contribution in [0.25, 0.3) is 0 Å². The molecule has 0 saturated heterocycles. The lowest BCUT2D eigenvalue weighted by Crippen LogP contribution is -2.22. The van der Waals surface area contributed by atoms with Crippen LogP contribution in [0.2, 0.25) is 0 Å². The zero-order chi connectivity index (χ0) is 22.0. The number of benzene rings is 2. The second-order valence-corrected chi connectivity index (χ2v) is 8.43. The van der Waals surface area contributed by atoms with E-state index < -0.39 is 0 Å². The highest BCUT2D eigenvalue weighted by Crippen LogP contribution is 2.15. The molecule has 0 unspecified atom stereocenters. The molecule has 0 heterocycles. The summed E-state index contributed by atoms with van der Waals surface area (Å²) in [4.78, 5) is 12.1. The van der Waals surface area contributed by atoms with E-state index in [-0.39, 0.29) is 5.91 Å². The van der Waals surface area contributed by atoms with Crippen LogP contribution in [0.1, 0.15) is 99.9 Å². The predicted octanol–water partition coefficient (Wildman–Crippen LogP) is 7.70. The average molecular weight is 424 g/mol. The number of carbonyl (C=O) groups excluding carboxylic acids is 1. The minimum atomic E-state index is -0.0482. The van der Waals surface area contributed by atoms with Crippen LogP contribution in [0.4, 0.5) is 0 Å². The molecule has 0 bridgehead atoms. The van der Waals surface area contributed by atoms with Crippen LogP contribution in [-0.4, -0.2) is 12.5 Å². The first-order valence-corrected chi connectivity index (χ1v) is 12.3. The molecule has 0 aliphatic carbocycles. The molecular weight excluding hydrogens is 382 g/mol. The summed E-state index contributed by atoms with van der Waals surface area (Å²) in [5, 5.41) is 2.95. The number of hydrogen-bond donors (Lipinski definition) is 1. The minimum absolute atomic E-state index is 0.0482. The third kappa shape index (κ3) is 11.6. The topological polar surface area (TPSA) is 38.3 Å². The Morgan fingerprint density at radius 1 is 0.710 bits per heavy atom. The summed E-state index contributed by atoms with van der Waals surface area (Å²) in [6, 6.07) is 17.3. The molecular formula is C28H41NO2. The fourth-order valence-electron chi connectivity index (χ4n) is 3.71. The molecule has 1 amide bonds. The summed E-state index contributed by atoms with van der Waals surface area (Å²) in [5.41, 5.74) is 1.76. The molecule has 2 aromatic rings. The van der Waals surface area contributed by atoms with Crippen molar-refractivity contribution in [3.05, 3.63) is 65.7 Å². The van der Waals surface area contributed by atoms with Gasteiger partial charge in [0, 0.05) is 12.1 Å². The molecule has 0 fully saturated rings. The average Bonchev–Trinajstić information content (AvgIpc) is 2.82. The van der Waals surface area contributed by atoms with E-state index in [1.165, 1.54) is 70.6 Å². The number of rotatable bonds is 17. The molecule has 0 radical (unpaired) electrons. The highest BCUT2D eigenvalue weighted by Gasteiger charge is 2.04. The summed E-state index contributed by atoms with van der Waals surface area (Å²) in [7, 11) is 0. The van der Waals surface area contributed by atoms with Gasteiger partial charge >= 0.3 is 0 Å². The Hall–Kier alpha value is -2.29. The Balaban J connectivity index is 1.46. The third-order valence-corrected chi connectivity index (χ3v) is 5.68. The van der Waals surface area contributed by atoms with Crippen molar-refractivity contribution in [3.63, 3.8) is 0 Å². The minimum Gasteiger partial charge on any atom is -0.494 e. The van der Waals surface area contributed by atoms with E-state index >= 15 is 0 Å². The lowest BCUT2D eigenvalue weighted by atomic mass is 10.1. The maximum absolute atomic E-state index is 12.1. The van der Waals surface area contributed by atoms with E-state index in [0.717, 1.165) is 24.3 Å². The van der Waals surface area contributed by atoms with Crippen molar-refractivity contribution in [2.75, 3.05) is 6.61 Å². The van der Waals surface area contributed by atoms with Gasteiger partial charge in [0.25, 0.3) is 5.91 Å². The van der Waals surface area contributed by atoms with Gasteiger partial charge in [-0.15, -0.1) is 0 Å². The highest BCUT2D eigenvalue weighted by molar-refractivity contribution is 5.94. The number of amides is 1. The molecule has 0 aliphatic rings. The van der Waals surface area contributed by atoms with Gasteiger partial charge in [-0.05, 0) is 36.2 Å². The van der Waals surface area contributed by atoms with Crippen molar-refractivity contribution in [2.24, 2.45) is 0 Å². The van der Waals surface area contributed by atoms with E-state index in [9.17, 15) is 4.79 Å². The van der Waals surface area contributed by atoms with Crippen molar-refractivity contribution in [1.82, 2.24) is 5.32 Å². The predicted molar refractivity (Wildman–Crippen MR) is 131 cm³/mol. The number of hydrogen-bond acceptors (Lipinski definition) is 2. The number of nitrogens with one attached hydrogen (secondary N) is 1. The van der Waals surface area contributed by atoms with E-state index in [4.69, 9.17) is 4.74 Å². The lowest BCUT2D eigenvalue weighted by Gasteiger charge is -2.08. The lowest BCUT2D eigenvalue weighted by molar-refractivity contribution is 0.0951. The van der Waals surface area contributed by atoms with Gasteiger partial charge in [0.2, 0.25) is 0 Å². The van der Waals surface area contributed by atoms with Crippen LogP contribution in [-0.2, 0) is 6.54 Å². The quantitative estimate of drug-likeness (QED) is 0.265. The third-order valence-electron chi connectivity index (χ3n) is 5.68. The molecule has 0 aliphatic heterocycles. The zero-order valence-corrected chi connectivity index (χ0v) is 19.4. The van der Waals surface area contributed by atoms with Gasteiger partial charge in [-0.25, -0.2) is 0 Å². The number of carbonyl (C=O) groups is 1. The Labute approximate surface area is 189 Å². The second-order valence-electron chi connectivity index (χ2n) is 8.43. The summed E-state index contributed by atoms with van der Waals surface area (Å²) in [6.07, 6.45) is 16.3. The first kappa shape index (κ1) is 25.0. The Morgan fingerprint density at radius 3 is 1.84 bits per heavy atom. The van der Waals surface area contributed by atoms with Gasteiger partial charge in [0.05, 0.1) is 6.61 Å². The van der Waals surface area contributed by atoms with E-state index in [0.29, 0.717) is 12.1 Å². The molecule has 0 aromatic heterocycles. The van der Waals surface area contributed by atoms with E-state index in [1.54, 1.807) is 0 Å². The van der Waals surface area contributed by atoms with E-state index in [1.807, 2.05) is 54.6 Å². The molecule has 3 heteroatoms. The van der Waals surface area contributed by atoms with Crippen molar-refractivity contribution in [1.29, 1.82) is 0 Å². The fourth-order valence-corrected chi connectivity index (χ4v) is 3.71. The van der Waals surface area contributed by atoms with Crippen molar-refractivity contribution >= 4 is 5.91 Å². The first-order chi connectivity index (χ1) is 15.3.